The van der Waals surface area contributed by atoms with E-state index in [1.807, 2.05) is 54.6 Å². The average molecular weight is 329 g/mol. The molecule has 20 heavy (non-hydrogen) atoms. The number of H-pyrrole nitrogens is 1. The Bertz CT molecular complexity index is 731. The van der Waals surface area contributed by atoms with Gasteiger partial charge in [0.2, 0.25) is 0 Å². The molecule has 3 rings (SSSR count). The van der Waals surface area contributed by atoms with Crippen LogP contribution in [0.25, 0.3) is 10.9 Å². The van der Waals surface area contributed by atoms with E-state index in [-0.39, 0.29) is 5.91 Å². The number of rotatable bonds is 3. The Hall–Kier alpha value is -2.07. The number of aromatic nitrogens is 1. The van der Waals surface area contributed by atoms with Gasteiger partial charge in [-0.25, -0.2) is 0 Å². The monoisotopic (exact) mass is 328 g/mol. The molecule has 1 heterocycles. The highest BCUT2D eigenvalue weighted by Crippen LogP contribution is 2.15. The summed E-state index contributed by atoms with van der Waals surface area (Å²) in [5.74, 6) is -0.0961. The van der Waals surface area contributed by atoms with Crippen LogP contribution in [0.1, 0.15) is 16.1 Å². The Morgan fingerprint density at radius 3 is 2.75 bits per heavy atom. The third kappa shape index (κ3) is 2.75. The van der Waals surface area contributed by atoms with Crippen molar-refractivity contribution in [2.24, 2.45) is 0 Å². The zero-order valence-electron chi connectivity index (χ0n) is 10.7. The number of carbonyl (C=O) groups excluding carboxylic acids is 1. The SMILES string of the molecule is O=C(NCc1cccc(Br)c1)c1cc2ccccc2[nH]1. The van der Waals surface area contributed by atoms with E-state index in [1.165, 1.54) is 0 Å². The van der Waals surface area contributed by atoms with Crippen molar-refractivity contribution in [3.63, 3.8) is 0 Å². The van der Waals surface area contributed by atoms with E-state index in [2.05, 4.69) is 26.2 Å². The molecule has 2 N–H and O–H groups in total. The highest BCUT2D eigenvalue weighted by atomic mass is 79.9. The summed E-state index contributed by atoms with van der Waals surface area (Å²) in [4.78, 5) is 15.2. The van der Waals surface area contributed by atoms with Gasteiger partial charge in [-0.2, -0.15) is 0 Å². The van der Waals surface area contributed by atoms with Gasteiger partial charge in [0.25, 0.3) is 5.91 Å². The first kappa shape index (κ1) is 12.9. The second-order valence-corrected chi connectivity index (χ2v) is 5.50. The normalized spacial score (nSPS) is 10.7. The van der Waals surface area contributed by atoms with E-state index < -0.39 is 0 Å². The quantitative estimate of drug-likeness (QED) is 0.753. The fourth-order valence-corrected chi connectivity index (χ4v) is 2.57. The summed E-state index contributed by atoms with van der Waals surface area (Å²) in [7, 11) is 0. The van der Waals surface area contributed by atoms with Crippen molar-refractivity contribution in [3.05, 3.63) is 70.3 Å². The van der Waals surface area contributed by atoms with Crippen LogP contribution in [0, 0.1) is 0 Å². The molecular formula is C16H13BrN2O. The second-order valence-electron chi connectivity index (χ2n) is 4.58. The van der Waals surface area contributed by atoms with Gasteiger partial charge < -0.3 is 10.3 Å². The van der Waals surface area contributed by atoms with Crippen LogP contribution < -0.4 is 5.32 Å². The van der Waals surface area contributed by atoms with Crippen molar-refractivity contribution in [3.8, 4) is 0 Å². The Balaban J connectivity index is 1.73. The standard InChI is InChI=1S/C16H13BrN2O/c17-13-6-3-4-11(8-13)10-18-16(20)15-9-12-5-1-2-7-14(12)19-15/h1-9,19H,10H2,(H,18,20). The molecule has 0 radical (unpaired) electrons. The number of hydrogen-bond acceptors (Lipinski definition) is 1. The Morgan fingerprint density at radius 2 is 1.95 bits per heavy atom. The summed E-state index contributed by atoms with van der Waals surface area (Å²) >= 11 is 3.42. The van der Waals surface area contributed by atoms with Crippen LogP contribution >= 0.6 is 15.9 Å². The molecule has 0 fully saturated rings. The molecule has 4 heteroatoms. The summed E-state index contributed by atoms with van der Waals surface area (Å²) in [6.45, 7) is 0.508. The predicted molar refractivity (Wildman–Crippen MR) is 83.6 cm³/mol. The zero-order valence-corrected chi connectivity index (χ0v) is 12.3. The van der Waals surface area contributed by atoms with Gasteiger partial charge >= 0.3 is 0 Å². The number of amides is 1. The summed E-state index contributed by atoms with van der Waals surface area (Å²) in [5, 5.41) is 3.95. The molecule has 0 aliphatic carbocycles. The van der Waals surface area contributed by atoms with Gasteiger partial charge in [0.05, 0.1) is 0 Å². The highest BCUT2D eigenvalue weighted by molar-refractivity contribution is 9.10. The average Bonchev–Trinajstić information content (AvgIpc) is 2.89. The molecule has 0 unspecified atom stereocenters. The number of benzene rings is 2. The van der Waals surface area contributed by atoms with Crippen LogP contribution in [0.3, 0.4) is 0 Å². The molecule has 1 aromatic heterocycles. The summed E-state index contributed by atoms with van der Waals surface area (Å²) in [6, 6.07) is 17.6. The van der Waals surface area contributed by atoms with E-state index in [9.17, 15) is 4.79 Å². The van der Waals surface area contributed by atoms with Crippen LogP contribution in [0.4, 0.5) is 0 Å². The van der Waals surface area contributed by atoms with Gasteiger partial charge in [0.1, 0.15) is 5.69 Å². The molecule has 3 aromatic rings. The lowest BCUT2D eigenvalue weighted by atomic mass is 10.2. The lowest BCUT2D eigenvalue weighted by molar-refractivity contribution is 0.0947. The molecule has 0 atom stereocenters. The predicted octanol–water partition coefficient (Wildman–Crippen LogP) is 3.86. The number of nitrogens with one attached hydrogen (secondary N) is 2. The fraction of sp³-hybridized carbons (Fsp3) is 0.0625. The minimum Gasteiger partial charge on any atom is -0.351 e. The van der Waals surface area contributed by atoms with E-state index >= 15 is 0 Å². The molecule has 2 aromatic carbocycles. The Labute approximate surface area is 125 Å². The summed E-state index contributed by atoms with van der Waals surface area (Å²) in [6.07, 6.45) is 0. The third-order valence-electron chi connectivity index (χ3n) is 3.12. The van der Waals surface area contributed by atoms with Crippen LogP contribution in [0.15, 0.2) is 59.1 Å². The van der Waals surface area contributed by atoms with Crippen LogP contribution in [-0.2, 0) is 6.54 Å². The summed E-state index contributed by atoms with van der Waals surface area (Å²) < 4.78 is 1.01. The number of carbonyl (C=O) groups is 1. The van der Waals surface area contributed by atoms with Gasteiger partial charge in [-0.1, -0.05) is 46.3 Å². The molecule has 1 amide bonds. The minimum absolute atomic E-state index is 0.0961. The molecule has 3 nitrogen and oxygen atoms in total. The zero-order chi connectivity index (χ0) is 13.9. The molecule has 0 aliphatic rings. The van der Waals surface area contributed by atoms with E-state index in [1.54, 1.807) is 0 Å². The van der Waals surface area contributed by atoms with Crippen molar-refractivity contribution in [2.45, 2.75) is 6.54 Å². The number of fused-ring (bicyclic) bond motifs is 1. The maximum absolute atomic E-state index is 12.1. The van der Waals surface area contributed by atoms with Crippen LogP contribution in [0.2, 0.25) is 0 Å². The topological polar surface area (TPSA) is 44.9 Å². The van der Waals surface area contributed by atoms with Gasteiger partial charge in [0.15, 0.2) is 0 Å². The molecule has 0 aliphatic heterocycles. The number of para-hydroxylation sites is 1. The molecular weight excluding hydrogens is 316 g/mol. The first-order chi connectivity index (χ1) is 9.72. The van der Waals surface area contributed by atoms with E-state index in [0.29, 0.717) is 12.2 Å². The smallest absolute Gasteiger partial charge is 0.267 e. The van der Waals surface area contributed by atoms with Crippen molar-refractivity contribution in [1.29, 1.82) is 0 Å². The van der Waals surface area contributed by atoms with E-state index in [0.717, 1.165) is 20.9 Å². The lowest BCUT2D eigenvalue weighted by Crippen LogP contribution is -2.23. The Morgan fingerprint density at radius 1 is 1.10 bits per heavy atom. The number of halogens is 1. The second kappa shape index (κ2) is 5.51. The number of hydrogen-bond donors (Lipinski definition) is 2. The molecule has 0 saturated heterocycles. The van der Waals surface area contributed by atoms with Crippen LogP contribution in [-0.4, -0.2) is 10.9 Å². The lowest BCUT2D eigenvalue weighted by Gasteiger charge is -2.04. The van der Waals surface area contributed by atoms with Gasteiger partial charge in [0, 0.05) is 21.9 Å². The van der Waals surface area contributed by atoms with Crippen molar-refractivity contribution in [2.75, 3.05) is 0 Å². The number of aromatic amines is 1. The minimum atomic E-state index is -0.0961. The Kier molecular flexibility index (Phi) is 3.56. The van der Waals surface area contributed by atoms with Crippen LogP contribution in [0.5, 0.6) is 0 Å². The first-order valence-electron chi connectivity index (χ1n) is 6.33. The molecule has 100 valence electrons. The van der Waals surface area contributed by atoms with Gasteiger partial charge in [-0.3, -0.25) is 4.79 Å². The van der Waals surface area contributed by atoms with E-state index in [4.69, 9.17) is 0 Å². The molecule has 0 saturated carbocycles. The maximum Gasteiger partial charge on any atom is 0.267 e. The largest absolute Gasteiger partial charge is 0.351 e. The molecule has 0 bridgehead atoms. The van der Waals surface area contributed by atoms with Crippen molar-refractivity contribution in [1.82, 2.24) is 10.3 Å². The van der Waals surface area contributed by atoms with Gasteiger partial charge in [-0.15, -0.1) is 0 Å². The first-order valence-corrected chi connectivity index (χ1v) is 7.12. The molecule has 0 spiro atoms. The third-order valence-corrected chi connectivity index (χ3v) is 3.61. The highest BCUT2D eigenvalue weighted by Gasteiger charge is 2.08. The van der Waals surface area contributed by atoms with Gasteiger partial charge in [-0.05, 0) is 29.8 Å². The van der Waals surface area contributed by atoms with Crippen molar-refractivity contribution < 1.29 is 4.79 Å². The maximum atomic E-state index is 12.1. The van der Waals surface area contributed by atoms with Crippen molar-refractivity contribution >= 4 is 32.7 Å². The fourth-order valence-electron chi connectivity index (χ4n) is 2.12. The summed E-state index contributed by atoms with van der Waals surface area (Å²) in [5.41, 5.74) is 2.62.